The molecule has 21 heavy (non-hydrogen) atoms. The fourth-order valence-corrected chi connectivity index (χ4v) is 2.31. The van der Waals surface area contributed by atoms with E-state index in [1.165, 1.54) is 0 Å². The highest BCUT2D eigenvalue weighted by molar-refractivity contribution is 5.36. The molecular weight excluding hydrogens is 270 g/mol. The Labute approximate surface area is 125 Å². The van der Waals surface area contributed by atoms with E-state index >= 15 is 0 Å². The summed E-state index contributed by atoms with van der Waals surface area (Å²) in [4.78, 5) is 14.7. The number of hydrogen-bond acceptors (Lipinski definition) is 7. The molecule has 0 amide bonds. The molecule has 7 heteroatoms. The van der Waals surface area contributed by atoms with Crippen LogP contribution in [0.15, 0.2) is 0 Å². The lowest BCUT2D eigenvalue weighted by molar-refractivity contribution is 0.0437. The third-order valence-electron chi connectivity index (χ3n) is 3.18. The molecular formula is C14H25N5O2. The fourth-order valence-electron chi connectivity index (χ4n) is 2.31. The minimum absolute atomic E-state index is 0.00152. The first-order valence-corrected chi connectivity index (χ1v) is 7.63. The Hall–Kier alpha value is -1.63. The van der Waals surface area contributed by atoms with E-state index in [1.54, 1.807) is 0 Å². The van der Waals surface area contributed by atoms with E-state index in [-0.39, 0.29) is 24.2 Å². The van der Waals surface area contributed by atoms with Crippen molar-refractivity contribution in [3.63, 3.8) is 0 Å². The predicted octanol–water partition coefficient (Wildman–Crippen LogP) is 1.64. The van der Waals surface area contributed by atoms with Crippen LogP contribution in [0.2, 0.25) is 0 Å². The van der Waals surface area contributed by atoms with E-state index in [2.05, 4.69) is 26.8 Å². The molecule has 0 spiro atoms. The number of nitrogens with two attached hydrogens (primary N) is 1. The van der Waals surface area contributed by atoms with E-state index in [9.17, 15) is 0 Å². The molecule has 0 saturated carbocycles. The van der Waals surface area contributed by atoms with Crippen LogP contribution in [0.25, 0.3) is 0 Å². The quantitative estimate of drug-likeness (QED) is 0.853. The molecule has 0 bridgehead atoms. The molecule has 1 aromatic rings. The highest BCUT2D eigenvalue weighted by Gasteiger charge is 2.23. The van der Waals surface area contributed by atoms with Gasteiger partial charge in [-0.3, -0.25) is 0 Å². The van der Waals surface area contributed by atoms with Gasteiger partial charge in [-0.1, -0.05) is 6.92 Å². The van der Waals surface area contributed by atoms with Crippen molar-refractivity contribution >= 4 is 11.9 Å². The van der Waals surface area contributed by atoms with E-state index in [4.69, 9.17) is 15.2 Å². The number of anilines is 2. The van der Waals surface area contributed by atoms with Gasteiger partial charge in [0.05, 0.1) is 12.2 Å². The zero-order chi connectivity index (χ0) is 15.2. The number of rotatable bonds is 6. The van der Waals surface area contributed by atoms with Gasteiger partial charge in [0.2, 0.25) is 11.9 Å². The molecule has 1 aliphatic heterocycles. The summed E-state index contributed by atoms with van der Waals surface area (Å²) in [6, 6.07) is 0.282. The minimum atomic E-state index is 0.00152. The maximum Gasteiger partial charge on any atom is 0.323 e. The second-order valence-electron chi connectivity index (χ2n) is 5.52. The number of hydrogen-bond donors (Lipinski definition) is 1. The molecule has 118 valence electrons. The van der Waals surface area contributed by atoms with Crippen molar-refractivity contribution in [1.29, 1.82) is 0 Å². The second kappa shape index (κ2) is 7.40. The largest absolute Gasteiger partial charge is 0.461 e. The zero-order valence-electron chi connectivity index (χ0n) is 13.1. The van der Waals surface area contributed by atoms with E-state index in [0.717, 1.165) is 39.0 Å². The number of nitrogens with zero attached hydrogens (tertiary/aromatic N) is 4. The summed E-state index contributed by atoms with van der Waals surface area (Å²) < 4.78 is 11.4. The fraction of sp³-hybridized carbons (Fsp3) is 0.786. The molecule has 1 unspecified atom stereocenters. The SMILES string of the molecule is CCCOC1CCCN(c2nc(N)nc(OC(C)C)n2)C1. The molecule has 0 aliphatic carbocycles. The number of nitrogen functional groups attached to an aromatic ring is 1. The van der Waals surface area contributed by atoms with Gasteiger partial charge in [0.1, 0.15) is 0 Å². The van der Waals surface area contributed by atoms with Crippen molar-refractivity contribution in [2.75, 3.05) is 30.3 Å². The number of piperidine rings is 1. The van der Waals surface area contributed by atoms with Gasteiger partial charge in [-0.05, 0) is 33.1 Å². The van der Waals surface area contributed by atoms with E-state index < -0.39 is 0 Å². The molecule has 0 aromatic carbocycles. The summed E-state index contributed by atoms with van der Waals surface area (Å²) in [6.07, 6.45) is 3.39. The number of ether oxygens (including phenoxy) is 2. The summed E-state index contributed by atoms with van der Waals surface area (Å²) in [5.74, 6) is 0.759. The van der Waals surface area contributed by atoms with Crippen LogP contribution in [-0.4, -0.2) is 46.9 Å². The van der Waals surface area contributed by atoms with E-state index in [0.29, 0.717) is 5.95 Å². The van der Waals surface area contributed by atoms with Crippen molar-refractivity contribution in [3.8, 4) is 6.01 Å². The smallest absolute Gasteiger partial charge is 0.323 e. The Balaban J connectivity index is 2.07. The van der Waals surface area contributed by atoms with Crippen LogP contribution in [0.5, 0.6) is 6.01 Å². The Kier molecular flexibility index (Phi) is 5.55. The molecule has 2 rings (SSSR count). The van der Waals surface area contributed by atoms with Crippen LogP contribution in [0.3, 0.4) is 0 Å². The summed E-state index contributed by atoms with van der Waals surface area (Å²) in [5.41, 5.74) is 5.76. The lowest BCUT2D eigenvalue weighted by atomic mass is 10.1. The van der Waals surface area contributed by atoms with Gasteiger partial charge in [0.25, 0.3) is 0 Å². The van der Waals surface area contributed by atoms with Crippen molar-refractivity contribution < 1.29 is 9.47 Å². The highest BCUT2D eigenvalue weighted by atomic mass is 16.5. The third-order valence-corrected chi connectivity index (χ3v) is 3.18. The average Bonchev–Trinajstić information content (AvgIpc) is 2.44. The standard InChI is InChI=1S/C14H25N5O2/c1-4-8-20-11-6-5-7-19(9-11)13-16-12(15)17-14(18-13)21-10(2)3/h10-11H,4-9H2,1-3H3,(H2,15,16,17,18). The summed E-state index contributed by atoms with van der Waals surface area (Å²) in [6.45, 7) is 8.44. The van der Waals surface area contributed by atoms with Gasteiger partial charge in [0.15, 0.2) is 0 Å². The molecule has 1 aliphatic rings. The topological polar surface area (TPSA) is 86.4 Å². The Morgan fingerprint density at radius 3 is 2.86 bits per heavy atom. The summed E-state index contributed by atoms with van der Waals surface area (Å²) in [5, 5.41) is 0. The first-order chi connectivity index (χ1) is 10.1. The molecule has 2 heterocycles. The van der Waals surface area contributed by atoms with Crippen molar-refractivity contribution in [2.45, 2.75) is 52.2 Å². The number of aromatic nitrogens is 3. The van der Waals surface area contributed by atoms with Crippen molar-refractivity contribution in [1.82, 2.24) is 15.0 Å². The first-order valence-electron chi connectivity index (χ1n) is 7.63. The van der Waals surface area contributed by atoms with Gasteiger partial charge in [0, 0.05) is 19.7 Å². The Bertz CT molecular complexity index is 455. The Morgan fingerprint density at radius 2 is 2.14 bits per heavy atom. The predicted molar refractivity (Wildman–Crippen MR) is 81.5 cm³/mol. The Morgan fingerprint density at radius 1 is 1.33 bits per heavy atom. The molecule has 1 fully saturated rings. The summed E-state index contributed by atoms with van der Waals surface area (Å²) in [7, 11) is 0. The van der Waals surface area contributed by atoms with Crippen LogP contribution >= 0.6 is 0 Å². The van der Waals surface area contributed by atoms with Crippen LogP contribution in [0.1, 0.15) is 40.0 Å². The highest BCUT2D eigenvalue weighted by Crippen LogP contribution is 2.20. The van der Waals surface area contributed by atoms with Crippen LogP contribution < -0.4 is 15.4 Å². The second-order valence-corrected chi connectivity index (χ2v) is 5.52. The zero-order valence-corrected chi connectivity index (χ0v) is 13.1. The molecule has 7 nitrogen and oxygen atoms in total. The molecule has 1 saturated heterocycles. The maximum absolute atomic E-state index is 5.83. The molecule has 1 aromatic heterocycles. The van der Waals surface area contributed by atoms with Gasteiger partial charge < -0.3 is 20.1 Å². The minimum Gasteiger partial charge on any atom is -0.461 e. The first kappa shape index (κ1) is 15.8. The molecule has 2 N–H and O–H groups in total. The van der Waals surface area contributed by atoms with Crippen LogP contribution in [0, 0.1) is 0 Å². The monoisotopic (exact) mass is 295 g/mol. The van der Waals surface area contributed by atoms with E-state index in [1.807, 2.05) is 13.8 Å². The van der Waals surface area contributed by atoms with Crippen LogP contribution in [-0.2, 0) is 4.74 Å². The van der Waals surface area contributed by atoms with Gasteiger partial charge >= 0.3 is 6.01 Å². The maximum atomic E-state index is 5.83. The molecule has 1 atom stereocenters. The molecule has 0 radical (unpaired) electrons. The third kappa shape index (κ3) is 4.70. The average molecular weight is 295 g/mol. The van der Waals surface area contributed by atoms with Gasteiger partial charge in [-0.25, -0.2) is 0 Å². The van der Waals surface area contributed by atoms with Crippen molar-refractivity contribution in [3.05, 3.63) is 0 Å². The lowest BCUT2D eigenvalue weighted by Crippen LogP contribution is -2.41. The van der Waals surface area contributed by atoms with Crippen LogP contribution in [0.4, 0.5) is 11.9 Å². The van der Waals surface area contributed by atoms with Gasteiger partial charge in [-0.15, -0.1) is 0 Å². The lowest BCUT2D eigenvalue weighted by Gasteiger charge is -2.32. The van der Waals surface area contributed by atoms with Gasteiger partial charge in [-0.2, -0.15) is 15.0 Å². The summed E-state index contributed by atoms with van der Waals surface area (Å²) >= 11 is 0. The van der Waals surface area contributed by atoms with Crippen molar-refractivity contribution in [2.24, 2.45) is 0 Å². The normalized spacial score (nSPS) is 19.0.